The first-order valence-electron chi connectivity index (χ1n) is 9.27. The minimum atomic E-state index is -0.414. The van der Waals surface area contributed by atoms with Gasteiger partial charge >= 0.3 is 0 Å². The van der Waals surface area contributed by atoms with E-state index in [0.29, 0.717) is 23.9 Å². The summed E-state index contributed by atoms with van der Waals surface area (Å²) in [7, 11) is 0. The SMILES string of the molecule is Cc1nn(Cc2ccc(C(=O)Nc3nn(Cc4ccccc4)cc3Cl)o2)c(C)c1Br. The topological polar surface area (TPSA) is 77.9 Å². The van der Waals surface area contributed by atoms with Crippen molar-refractivity contribution in [1.29, 1.82) is 0 Å². The van der Waals surface area contributed by atoms with E-state index in [2.05, 4.69) is 31.4 Å². The number of anilines is 1. The molecule has 0 atom stereocenters. The molecule has 3 aromatic heterocycles. The van der Waals surface area contributed by atoms with Crippen LogP contribution in [0.3, 0.4) is 0 Å². The van der Waals surface area contributed by atoms with E-state index in [1.54, 1.807) is 23.0 Å². The van der Waals surface area contributed by atoms with Gasteiger partial charge in [0.2, 0.25) is 0 Å². The van der Waals surface area contributed by atoms with Crippen LogP contribution in [0.4, 0.5) is 5.82 Å². The molecular formula is C21H19BrClN5O2. The predicted molar refractivity (Wildman–Crippen MR) is 118 cm³/mol. The molecule has 0 bridgehead atoms. The molecule has 0 saturated carbocycles. The van der Waals surface area contributed by atoms with Gasteiger partial charge in [0, 0.05) is 6.20 Å². The highest BCUT2D eigenvalue weighted by Crippen LogP contribution is 2.23. The summed E-state index contributed by atoms with van der Waals surface area (Å²) in [5.74, 6) is 0.680. The van der Waals surface area contributed by atoms with Crippen molar-refractivity contribution in [3.05, 3.63) is 86.6 Å². The summed E-state index contributed by atoms with van der Waals surface area (Å²) in [4.78, 5) is 12.6. The zero-order chi connectivity index (χ0) is 21.3. The second-order valence-electron chi connectivity index (χ2n) is 6.87. The summed E-state index contributed by atoms with van der Waals surface area (Å²) >= 11 is 9.75. The van der Waals surface area contributed by atoms with E-state index in [1.165, 1.54) is 0 Å². The highest BCUT2D eigenvalue weighted by molar-refractivity contribution is 9.10. The molecule has 0 aliphatic carbocycles. The van der Waals surface area contributed by atoms with Gasteiger partial charge in [-0.25, -0.2) is 0 Å². The number of aryl methyl sites for hydroxylation is 1. The first-order chi connectivity index (χ1) is 14.4. The number of benzene rings is 1. The van der Waals surface area contributed by atoms with Crippen molar-refractivity contribution in [2.24, 2.45) is 0 Å². The molecule has 0 radical (unpaired) electrons. The summed E-state index contributed by atoms with van der Waals surface area (Å²) < 4.78 is 10.2. The molecular weight excluding hydrogens is 470 g/mol. The zero-order valence-electron chi connectivity index (χ0n) is 16.4. The van der Waals surface area contributed by atoms with Gasteiger partial charge in [0.15, 0.2) is 11.6 Å². The van der Waals surface area contributed by atoms with E-state index in [-0.39, 0.29) is 11.6 Å². The van der Waals surface area contributed by atoms with Gasteiger partial charge in [0.1, 0.15) is 10.8 Å². The molecule has 3 heterocycles. The van der Waals surface area contributed by atoms with Crippen LogP contribution in [0.5, 0.6) is 0 Å². The number of carbonyl (C=O) groups excluding carboxylic acids is 1. The average molecular weight is 489 g/mol. The maximum atomic E-state index is 12.6. The quantitative estimate of drug-likeness (QED) is 0.412. The molecule has 0 spiro atoms. The van der Waals surface area contributed by atoms with Crippen molar-refractivity contribution in [2.45, 2.75) is 26.9 Å². The molecule has 4 aromatic rings. The molecule has 1 N–H and O–H groups in total. The number of nitrogens with zero attached hydrogens (tertiary/aromatic N) is 4. The van der Waals surface area contributed by atoms with Crippen LogP contribution >= 0.6 is 27.5 Å². The molecule has 4 rings (SSSR count). The van der Waals surface area contributed by atoms with Gasteiger partial charge in [-0.1, -0.05) is 41.9 Å². The Kier molecular flexibility index (Phi) is 5.78. The van der Waals surface area contributed by atoms with Gasteiger partial charge in [0.05, 0.1) is 29.0 Å². The van der Waals surface area contributed by atoms with E-state index in [9.17, 15) is 4.79 Å². The lowest BCUT2D eigenvalue weighted by Gasteiger charge is -2.03. The van der Waals surface area contributed by atoms with Crippen molar-refractivity contribution >= 4 is 39.3 Å². The smallest absolute Gasteiger partial charge is 0.292 e. The zero-order valence-corrected chi connectivity index (χ0v) is 18.7. The molecule has 0 aliphatic rings. The van der Waals surface area contributed by atoms with Crippen LogP contribution in [-0.4, -0.2) is 25.5 Å². The van der Waals surface area contributed by atoms with Crippen LogP contribution in [0.1, 0.15) is 33.3 Å². The lowest BCUT2D eigenvalue weighted by Crippen LogP contribution is -2.12. The van der Waals surface area contributed by atoms with Gasteiger partial charge in [-0.15, -0.1) is 0 Å². The molecule has 154 valence electrons. The van der Waals surface area contributed by atoms with Gasteiger partial charge < -0.3 is 9.73 Å². The second kappa shape index (κ2) is 8.49. The molecule has 9 heteroatoms. The van der Waals surface area contributed by atoms with Gasteiger partial charge in [-0.05, 0) is 47.5 Å². The van der Waals surface area contributed by atoms with Gasteiger partial charge in [-0.3, -0.25) is 14.2 Å². The molecule has 1 amide bonds. The summed E-state index contributed by atoms with van der Waals surface area (Å²) in [6.07, 6.45) is 1.68. The van der Waals surface area contributed by atoms with Gasteiger partial charge in [0.25, 0.3) is 5.91 Å². The minimum Gasteiger partial charge on any atom is -0.454 e. The number of rotatable bonds is 6. The second-order valence-corrected chi connectivity index (χ2v) is 8.07. The van der Waals surface area contributed by atoms with Crippen LogP contribution in [0.15, 0.2) is 57.6 Å². The Morgan fingerprint density at radius 1 is 1.13 bits per heavy atom. The number of nitrogens with one attached hydrogen (secondary N) is 1. The Labute approximate surface area is 186 Å². The number of hydrogen-bond acceptors (Lipinski definition) is 4. The monoisotopic (exact) mass is 487 g/mol. The Balaban J connectivity index is 1.44. The lowest BCUT2D eigenvalue weighted by molar-refractivity contribution is 0.0994. The van der Waals surface area contributed by atoms with Crippen molar-refractivity contribution in [3.63, 3.8) is 0 Å². The van der Waals surface area contributed by atoms with E-state index in [0.717, 1.165) is 21.4 Å². The summed E-state index contributed by atoms with van der Waals surface area (Å²) in [5, 5.41) is 11.9. The molecule has 0 fully saturated rings. The van der Waals surface area contributed by atoms with Crippen LogP contribution in [0.25, 0.3) is 0 Å². The average Bonchev–Trinajstić information content (AvgIpc) is 3.39. The van der Waals surface area contributed by atoms with E-state index in [1.807, 2.05) is 48.9 Å². The van der Waals surface area contributed by atoms with Crippen LogP contribution < -0.4 is 5.32 Å². The Bertz CT molecular complexity index is 1200. The number of carbonyl (C=O) groups is 1. The molecule has 30 heavy (non-hydrogen) atoms. The van der Waals surface area contributed by atoms with Crippen molar-refractivity contribution in [1.82, 2.24) is 19.6 Å². The Hall–Kier alpha value is -2.84. The van der Waals surface area contributed by atoms with Crippen molar-refractivity contribution in [2.75, 3.05) is 5.32 Å². The Morgan fingerprint density at radius 3 is 2.60 bits per heavy atom. The normalized spacial score (nSPS) is 11.1. The molecule has 0 saturated heterocycles. The molecule has 7 nitrogen and oxygen atoms in total. The predicted octanol–water partition coefficient (Wildman–Crippen LogP) is 5.05. The third-order valence-corrected chi connectivity index (χ3v) is 6.04. The fourth-order valence-electron chi connectivity index (χ4n) is 3.06. The Morgan fingerprint density at radius 2 is 1.90 bits per heavy atom. The summed E-state index contributed by atoms with van der Waals surface area (Å²) in [6.45, 7) is 4.88. The highest BCUT2D eigenvalue weighted by atomic mass is 79.9. The number of furan rings is 1. The van der Waals surface area contributed by atoms with Crippen LogP contribution in [-0.2, 0) is 13.1 Å². The highest BCUT2D eigenvalue weighted by Gasteiger charge is 2.17. The third kappa shape index (κ3) is 4.34. The van der Waals surface area contributed by atoms with Gasteiger partial charge in [-0.2, -0.15) is 10.2 Å². The first kappa shape index (κ1) is 20.4. The fourth-order valence-corrected chi connectivity index (χ4v) is 3.55. The van der Waals surface area contributed by atoms with E-state index >= 15 is 0 Å². The van der Waals surface area contributed by atoms with E-state index in [4.69, 9.17) is 16.0 Å². The van der Waals surface area contributed by atoms with E-state index < -0.39 is 5.91 Å². The maximum Gasteiger partial charge on any atom is 0.292 e. The third-order valence-electron chi connectivity index (χ3n) is 4.62. The van der Waals surface area contributed by atoms with Crippen molar-refractivity contribution in [3.8, 4) is 0 Å². The minimum absolute atomic E-state index is 0.180. The summed E-state index contributed by atoms with van der Waals surface area (Å²) in [6, 6.07) is 13.3. The van der Waals surface area contributed by atoms with Crippen LogP contribution in [0, 0.1) is 13.8 Å². The van der Waals surface area contributed by atoms with Crippen molar-refractivity contribution < 1.29 is 9.21 Å². The largest absolute Gasteiger partial charge is 0.454 e. The first-order valence-corrected chi connectivity index (χ1v) is 10.4. The fraction of sp³-hybridized carbons (Fsp3) is 0.190. The molecule has 1 aromatic carbocycles. The molecule has 0 unspecified atom stereocenters. The molecule has 0 aliphatic heterocycles. The number of halogens is 2. The maximum absolute atomic E-state index is 12.6. The number of aromatic nitrogens is 4. The number of hydrogen-bond donors (Lipinski definition) is 1. The summed E-state index contributed by atoms with van der Waals surface area (Å²) in [5.41, 5.74) is 2.98. The number of amides is 1. The van der Waals surface area contributed by atoms with Crippen LogP contribution in [0.2, 0.25) is 5.02 Å². The lowest BCUT2D eigenvalue weighted by atomic mass is 10.2. The standard InChI is InChI=1S/C21H19BrClN5O2/c1-13-19(22)14(2)28(25-13)11-16-8-9-18(30-16)21(29)24-20-17(23)12-27(26-20)10-15-6-4-3-5-7-15/h3-9,12H,10-11H2,1-2H3,(H,24,26,29).